The molecule has 2 aromatic rings. The van der Waals surface area contributed by atoms with Crippen LogP contribution in [0, 0.1) is 5.82 Å². The second kappa shape index (κ2) is 8.78. The van der Waals surface area contributed by atoms with Gasteiger partial charge in [-0.2, -0.15) is 13.2 Å². The molecule has 1 saturated carbocycles. The Kier molecular flexibility index (Phi) is 6.18. The van der Waals surface area contributed by atoms with Gasteiger partial charge >= 0.3 is 12.1 Å². The number of hydrogen-bond donors (Lipinski definition) is 2. The highest BCUT2D eigenvalue weighted by Crippen LogP contribution is 2.46. The summed E-state index contributed by atoms with van der Waals surface area (Å²) in [7, 11) is 0. The van der Waals surface area contributed by atoms with E-state index in [0.29, 0.717) is 18.5 Å². The lowest BCUT2D eigenvalue weighted by atomic mass is 9.98. The largest absolute Gasteiger partial charge is 0.478 e. The molecule has 2 fully saturated rings. The van der Waals surface area contributed by atoms with Crippen LogP contribution in [0.15, 0.2) is 42.5 Å². The van der Waals surface area contributed by atoms with E-state index >= 15 is 0 Å². The number of amides is 1. The molecule has 4 rings (SSSR count). The average Bonchev–Trinajstić information content (AvgIpc) is 3.55. The van der Waals surface area contributed by atoms with E-state index in [1.807, 2.05) is 4.90 Å². The number of carbonyl (C=O) groups excluding carboxylic acids is 1. The molecule has 0 radical (unpaired) electrons. The first-order valence-corrected chi connectivity index (χ1v) is 10.8. The smallest absolute Gasteiger partial charge is 0.419 e. The predicted octanol–water partition coefficient (Wildman–Crippen LogP) is 4.70. The number of halogens is 4. The SMILES string of the molecule is O=C(O)c1ccc(C2(NC(=O)C3CCCCN3Cc3ccc(F)c(C(F)(F)F)c3)CC2)cc1. The number of carbonyl (C=O) groups is 2. The third-order valence-electron chi connectivity index (χ3n) is 6.44. The lowest BCUT2D eigenvalue weighted by molar-refractivity contribution is -0.140. The number of rotatable bonds is 6. The van der Waals surface area contributed by atoms with Gasteiger partial charge in [-0.3, -0.25) is 9.69 Å². The van der Waals surface area contributed by atoms with Gasteiger partial charge in [-0.15, -0.1) is 0 Å². The predicted molar refractivity (Wildman–Crippen MR) is 112 cm³/mol. The first-order chi connectivity index (χ1) is 15.6. The van der Waals surface area contributed by atoms with E-state index in [1.165, 1.54) is 18.2 Å². The van der Waals surface area contributed by atoms with E-state index in [2.05, 4.69) is 5.32 Å². The Morgan fingerprint density at radius 3 is 2.39 bits per heavy atom. The Morgan fingerprint density at radius 2 is 1.79 bits per heavy atom. The molecule has 2 aromatic carbocycles. The van der Waals surface area contributed by atoms with Crippen molar-refractivity contribution >= 4 is 11.9 Å². The molecule has 1 aliphatic heterocycles. The van der Waals surface area contributed by atoms with Gasteiger partial charge in [-0.1, -0.05) is 24.6 Å². The van der Waals surface area contributed by atoms with Crippen molar-refractivity contribution in [2.45, 2.75) is 56.4 Å². The summed E-state index contributed by atoms with van der Waals surface area (Å²) in [5.74, 6) is -2.54. The van der Waals surface area contributed by atoms with Crippen molar-refractivity contribution in [3.8, 4) is 0 Å². The second-order valence-electron chi connectivity index (χ2n) is 8.75. The zero-order valence-corrected chi connectivity index (χ0v) is 17.8. The Balaban J connectivity index is 1.48. The molecule has 0 aromatic heterocycles. The van der Waals surface area contributed by atoms with Crippen LogP contribution in [0.3, 0.4) is 0 Å². The fourth-order valence-electron chi connectivity index (χ4n) is 4.46. The van der Waals surface area contributed by atoms with Crippen LogP contribution in [0.5, 0.6) is 0 Å². The van der Waals surface area contributed by atoms with Gasteiger partial charge in [0.1, 0.15) is 5.82 Å². The number of carboxylic acid groups (broad SMARTS) is 1. The van der Waals surface area contributed by atoms with Crippen molar-refractivity contribution in [2.75, 3.05) is 6.54 Å². The molecular formula is C24H24F4N2O3. The third kappa shape index (κ3) is 5.03. The Hall–Kier alpha value is -2.94. The third-order valence-corrected chi connectivity index (χ3v) is 6.44. The highest BCUT2D eigenvalue weighted by atomic mass is 19.4. The number of carboxylic acids is 1. The monoisotopic (exact) mass is 464 g/mol. The van der Waals surface area contributed by atoms with E-state index in [1.54, 1.807) is 12.1 Å². The maximum atomic E-state index is 13.6. The van der Waals surface area contributed by atoms with Crippen molar-refractivity contribution in [3.05, 3.63) is 70.5 Å². The van der Waals surface area contributed by atoms with E-state index in [0.717, 1.165) is 43.4 Å². The maximum Gasteiger partial charge on any atom is 0.419 e. The topological polar surface area (TPSA) is 69.6 Å². The van der Waals surface area contributed by atoms with E-state index < -0.39 is 35.1 Å². The van der Waals surface area contributed by atoms with Crippen LogP contribution in [0.4, 0.5) is 17.6 Å². The number of nitrogens with one attached hydrogen (secondary N) is 1. The fraction of sp³-hybridized carbons (Fsp3) is 0.417. The van der Waals surface area contributed by atoms with Crippen LogP contribution in [-0.4, -0.2) is 34.5 Å². The fourth-order valence-corrected chi connectivity index (χ4v) is 4.46. The van der Waals surface area contributed by atoms with E-state index in [4.69, 9.17) is 5.11 Å². The van der Waals surface area contributed by atoms with Crippen molar-refractivity contribution < 1.29 is 32.3 Å². The summed E-state index contributed by atoms with van der Waals surface area (Å²) in [4.78, 5) is 26.1. The van der Waals surface area contributed by atoms with Crippen molar-refractivity contribution in [3.63, 3.8) is 0 Å². The maximum absolute atomic E-state index is 13.6. The van der Waals surface area contributed by atoms with Gasteiger partial charge in [0.2, 0.25) is 5.91 Å². The van der Waals surface area contributed by atoms with Crippen LogP contribution in [0.2, 0.25) is 0 Å². The number of alkyl halides is 3. The van der Waals surface area contributed by atoms with E-state index in [-0.39, 0.29) is 18.0 Å². The molecule has 2 aliphatic rings. The standard InChI is InChI=1S/C24H24F4N2O3/c25-19-9-4-15(13-18(19)24(26,27)28)14-30-12-2-1-3-20(30)21(31)29-23(10-11-23)17-7-5-16(6-8-17)22(32)33/h4-9,13,20H,1-3,10-12,14H2,(H,29,31)(H,32,33). The molecule has 33 heavy (non-hydrogen) atoms. The van der Waals surface area contributed by atoms with Gasteiger partial charge < -0.3 is 10.4 Å². The molecule has 1 atom stereocenters. The summed E-state index contributed by atoms with van der Waals surface area (Å²) in [5, 5.41) is 12.2. The summed E-state index contributed by atoms with van der Waals surface area (Å²) in [5.41, 5.74) is -0.557. The first kappa shape index (κ1) is 23.2. The Bertz CT molecular complexity index is 1050. The molecule has 5 nitrogen and oxygen atoms in total. The number of likely N-dealkylation sites (tertiary alicyclic amines) is 1. The van der Waals surface area contributed by atoms with Gasteiger partial charge in [0.25, 0.3) is 0 Å². The van der Waals surface area contributed by atoms with Crippen LogP contribution in [0.25, 0.3) is 0 Å². The van der Waals surface area contributed by atoms with Crippen molar-refractivity contribution in [1.29, 1.82) is 0 Å². The zero-order chi connectivity index (χ0) is 23.8. The number of hydrogen-bond acceptors (Lipinski definition) is 3. The molecule has 0 bridgehead atoms. The Labute approximate surface area is 188 Å². The second-order valence-corrected chi connectivity index (χ2v) is 8.75. The number of aromatic carboxylic acids is 1. The van der Waals surface area contributed by atoms with Gasteiger partial charge in [0.15, 0.2) is 0 Å². The van der Waals surface area contributed by atoms with Crippen LogP contribution in [-0.2, 0) is 23.1 Å². The van der Waals surface area contributed by atoms with Gasteiger partial charge in [0.05, 0.1) is 22.7 Å². The summed E-state index contributed by atoms with van der Waals surface area (Å²) in [6.45, 7) is 0.666. The van der Waals surface area contributed by atoms with Crippen molar-refractivity contribution in [1.82, 2.24) is 10.2 Å². The summed E-state index contributed by atoms with van der Waals surface area (Å²) in [6, 6.07) is 8.85. The summed E-state index contributed by atoms with van der Waals surface area (Å²) in [6.07, 6.45) is -1.11. The molecular weight excluding hydrogens is 440 g/mol. The zero-order valence-electron chi connectivity index (χ0n) is 17.8. The van der Waals surface area contributed by atoms with E-state index in [9.17, 15) is 27.2 Å². The lowest BCUT2D eigenvalue weighted by Crippen LogP contribution is -2.51. The Morgan fingerprint density at radius 1 is 1.09 bits per heavy atom. The molecule has 2 N–H and O–H groups in total. The van der Waals surface area contributed by atoms with Gasteiger partial charge in [0, 0.05) is 6.54 Å². The summed E-state index contributed by atoms with van der Waals surface area (Å²) >= 11 is 0. The number of nitrogens with zero attached hydrogens (tertiary/aromatic N) is 1. The molecule has 1 aliphatic carbocycles. The minimum absolute atomic E-state index is 0.113. The minimum atomic E-state index is -4.78. The molecule has 1 heterocycles. The van der Waals surface area contributed by atoms with Crippen LogP contribution in [0.1, 0.15) is 59.2 Å². The van der Waals surface area contributed by atoms with Gasteiger partial charge in [-0.25, -0.2) is 9.18 Å². The molecule has 1 unspecified atom stereocenters. The molecule has 1 saturated heterocycles. The first-order valence-electron chi connectivity index (χ1n) is 10.8. The molecule has 9 heteroatoms. The number of benzene rings is 2. The summed E-state index contributed by atoms with van der Waals surface area (Å²) < 4.78 is 52.9. The lowest BCUT2D eigenvalue weighted by Gasteiger charge is -2.36. The highest BCUT2D eigenvalue weighted by Gasteiger charge is 2.47. The normalized spacial score (nSPS) is 20.3. The van der Waals surface area contributed by atoms with Crippen LogP contribution < -0.4 is 5.32 Å². The molecule has 0 spiro atoms. The number of piperidine rings is 1. The van der Waals surface area contributed by atoms with Crippen LogP contribution >= 0.6 is 0 Å². The van der Waals surface area contributed by atoms with Gasteiger partial charge in [-0.05, 0) is 67.6 Å². The van der Waals surface area contributed by atoms with Crippen molar-refractivity contribution in [2.24, 2.45) is 0 Å². The average molecular weight is 464 g/mol. The molecule has 1 amide bonds. The highest BCUT2D eigenvalue weighted by molar-refractivity contribution is 5.87. The molecule has 176 valence electrons. The minimum Gasteiger partial charge on any atom is -0.478 e. The quantitative estimate of drug-likeness (QED) is 0.608.